The van der Waals surface area contributed by atoms with E-state index in [4.69, 9.17) is 0 Å². The summed E-state index contributed by atoms with van der Waals surface area (Å²) in [5.74, 6) is -0.506. The van der Waals surface area contributed by atoms with E-state index in [0.717, 1.165) is 12.1 Å². The van der Waals surface area contributed by atoms with Gasteiger partial charge in [-0.15, -0.1) is 0 Å². The van der Waals surface area contributed by atoms with Crippen molar-refractivity contribution in [3.63, 3.8) is 0 Å². The van der Waals surface area contributed by atoms with Crippen molar-refractivity contribution in [1.29, 1.82) is 0 Å². The van der Waals surface area contributed by atoms with E-state index in [1.54, 1.807) is 0 Å². The lowest BCUT2D eigenvalue weighted by Crippen LogP contribution is -2.22. The summed E-state index contributed by atoms with van der Waals surface area (Å²) in [6, 6.07) is 3.43. The lowest BCUT2D eigenvalue weighted by atomic mass is 9.81. The summed E-state index contributed by atoms with van der Waals surface area (Å²) >= 11 is 0. The fourth-order valence-electron chi connectivity index (χ4n) is 2.37. The van der Waals surface area contributed by atoms with Crippen LogP contribution in [0.4, 0.5) is 18.9 Å². The second kappa shape index (κ2) is 4.54. The van der Waals surface area contributed by atoms with Crippen LogP contribution in [0.15, 0.2) is 18.2 Å². The Kier molecular flexibility index (Phi) is 3.32. The molecule has 0 aromatic heterocycles. The molecule has 0 saturated heterocycles. The zero-order valence-electron chi connectivity index (χ0n) is 11.0. The van der Waals surface area contributed by atoms with Crippen LogP contribution >= 0.6 is 0 Å². The van der Waals surface area contributed by atoms with Gasteiger partial charge in [0.25, 0.3) is 0 Å². The van der Waals surface area contributed by atoms with Gasteiger partial charge in [-0.25, -0.2) is 0 Å². The number of amides is 1. The average Bonchev–Trinajstić information content (AvgIpc) is 2.61. The van der Waals surface area contributed by atoms with Crippen LogP contribution in [0.1, 0.15) is 37.8 Å². The van der Waals surface area contributed by atoms with Gasteiger partial charge in [-0.3, -0.25) is 4.79 Å². The third kappa shape index (κ3) is 2.46. The van der Waals surface area contributed by atoms with Gasteiger partial charge in [-0.2, -0.15) is 13.2 Å². The van der Waals surface area contributed by atoms with E-state index in [2.05, 4.69) is 5.32 Å². The third-order valence-corrected chi connectivity index (χ3v) is 3.83. The molecule has 0 spiro atoms. The molecule has 0 radical (unpaired) electrons. The molecule has 0 fully saturated rings. The van der Waals surface area contributed by atoms with Crippen molar-refractivity contribution < 1.29 is 18.0 Å². The van der Waals surface area contributed by atoms with Gasteiger partial charge in [0.05, 0.1) is 11.5 Å². The van der Waals surface area contributed by atoms with Crippen molar-refractivity contribution in [2.45, 2.75) is 32.9 Å². The van der Waals surface area contributed by atoms with Crippen molar-refractivity contribution >= 4 is 11.6 Å². The topological polar surface area (TPSA) is 29.1 Å². The van der Waals surface area contributed by atoms with E-state index < -0.39 is 17.7 Å². The van der Waals surface area contributed by atoms with E-state index in [9.17, 15) is 18.0 Å². The minimum absolute atomic E-state index is 0.00951. The first kappa shape index (κ1) is 13.9. The van der Waals surface area contributed by atoms with Gasteiger partial charge < -0.3 is 5.32 Å². The molecule has 2 nitrogen and oxygen atoms in total. The maximum Gasteiger partial charge on any atom is 0.416 e. The highest BCUT2D eigenvalue weighted by Crippen LogP contribution is 2.42. The van der Waals surface area contributed by atoms with Crippen molar-refractivity contribution in [1.82, 2.24) is 0 Å². The summed E-state index contributed by atoms with van der Waals surface area (Å²) < 4.78 is 38.2. The van der Waals surface area contributed by atoms with Crippen LogP contribution in [-0.4, -0.2) is 5.91 Å². The number of hydrogen-bond donors (Lipinski definition) is 1. The average molecular weight is 271 g/mol. The molecule has 1 heterocycles. The Balaban J connectivity index is 2.46. The first-order chi connectivity index (χ1) is 8.71. The first-order valence-electron chi connectivity index (χ1n) is 6.24. The van der Waals surface area contributed by atoms with Gasteiger partial charge in [0.2, 0.25) is 5.91 Å². The summed E-state index contributed by atoms with van der Waals surface area (Å²) in [4.78, 5) is 11.9. The SMILES string of the molecule is CC(C)C(C)C1C(=O)Nc2ccc(C(F)(F)F)cc21. The number of fused-ring (bicyclic) bond motifs is 1. The van der Waals surface area contributed by atoms with Gasteiger partial charge >= 0.3 is 6.18 Å². The minimum Gasteiger partial charge on any atom is -0.325 e. The van der Waals surface area contributed by atoms with Crippen LogP contribution in [0.3, 0.4) is 0 Å². The molecule has 2 rings (SSSR count). The lowest BCUT2D eigenvalue weighted by Gasteiger charge is -2.22. The molecule has 104 valence electrons. The molecule has 19 heavy (non-hydrogen) atoms. The van der Waals surface area contributed by atoms with Gasteiger partial charge in [0, 0.05) is 5.69 Å². The first-order valence-corrected chi connectivity index (χ1v) is 6.24. The summed E-state index contributed by atoms with van der Waals surface area (Å²) in [6.07, 6.45) is -4.38. The van der Waals surface area contributed by atoms with Crippen LogP contribution in [0.5, 0.6) is 0 Å². The van der Waals surface area contributed by atoms with Crippen LogP contribution in [-0.2, 0) is 11.0 Å². The zero-order chi connectivity index (χ0) is 14.4. The molecule has 0 saturated carbocycles. The van der Waals surface area contributed by atoms with Crippen molar-refractivity contribution in [2.24, 2.45) is 11.8 Å². The number of carbonyl (C=O) groups excluding carboxylic acids is 1. The highest BCUT2D eigenvalue weighted by Gasteiger charge is 2.38. The summed E-state index contributed by atoms with van der Waals surface area (Å²) in [5.41, 5.74) is 0.250. The largest absolute Gasteiger partial charge is 0.416 e. The number of rotatable bonds is 2. The van der Waals surface area contributed by atoms with Crippen LogP contribution in [0.25, 0.3) is 0 Å². The number of benzene rings is 1. The van der Waals surface area contributed by atoms with E-state index in [1.807, 2.05) is 20.8 Å². The molecule has 0 bridgehead atoms. The smallest absolute Gasteiger partial charge is 0.325 e. The fraction of sp³-hybridized carbons (Fsp3) is 0.500. The van der Waals surface area contributed by atoms with Crippen LogP contribution < -0.4 is 5.32 Å². The van der Waals surface area contributed by atoms with Gasteiger partial charge in [0.15, 0.2) is 0 Å². The van der Waals surface area contributed by atoms with Crippen molar-refractivity contribution in [3.8, 4) is 0 Å². The Morgan fingerprint density at radius 2 is 1.84 bits per heavy atom. The second-order valence-corrected chi connectivity index (χ2v) is 5.37. The van der Waals surface area contributed by atoms with E-state index in [1.165, 1.54) is 6.07 Å². The van der Waals surface area contributed by atoms with Crippen LogP contribution in [0.2, 0.25) is 0 Å². The standard InChI is InChI=1S/C14H16F3NO/c1-7(2)8(3)12-10-6-9(14(15,16)17)4-5-11(10)18-13(12)19/h4-8,12H,1-3H3,(H,18,19). The molecule has 2 unspecified atom stereocenters. The molecule has 1 aliphatic heterocycles. The van der Waals surface area contributed by atoms with Gasteiger partial charge in [-0.1, -0.05) is 20.8 Å². The monoisotopic (exact) mass is 271 g/mol. The predicted molar refractivity (Wildman–Crippen MR) is 66.8 cm³/mol. The molecule has 1 aliphatic rings. The third-order valence-electron chi connectivity index (χ3n) is 3.83. The number of anilines is 1. The second-order valence-electron chi connectivity index (χ2n) is 5.37. The molecule has 5 heteroatoms. The zero-order valence-corrected chi connectivity index (χ0v) is 11.0. The normalized spacial score (nSPS) is 20.4. The maximum absolute atomic E-state index is 12.7. The molecule has 1 aromatic rings. The fourth-order valence-corrected chi connectivity index (χ4v) is 2.37. The molecular weight excluding hydrogens is 255 g/mol. The van der Waals surface area contributed by atoms with Gasteiger partial charge in [0.1, 0.15) is 0 Å². The maximum atomic E-state index is 12.7. The minimum atomic E-state index is -4.38. The predicted octanol–water partition coefficient (Wildman–Crippen LogP) is 4.03. The lowest BCUT2D eigenvalue weighted by molar-refractivity contribution is -0.137. The van der Waals surface area contributed by atoms with Crippen LogP contribution in [0, 0.1) is 11.8 Å². The van der Waals surface area contributed by atoms with Crippen molar-refractivity contribution in [3.05, 3.63) is 29.3 Å². The summed E-state index contributed by atoms with van der Waals surface area (Å²) in [7, 11) is 0. The number of nitrogens with one attached hydrogen (secondary N) is 1. The number of halogens is 3. The molecule has 1 amide bonds. The van der Waals surface area contributed by atoms with E-state index in [-0.39, 0.29) is 17.7 Å². The van der Waals surface area contributed by atoms with E-state index >= 15 is 0 Å². The Bertz CT molecular complexity index is 508. The molecular formula is C14H16F3NO. The van der Waals surface area contributed by atoms with Gasteiger partial charge in [-0.05, 0) is 35.6 Å². The highest BCUT2D eigenvalue weighted by atomic mass is 19.4. The number of carbonyl (C=O) groups is 1. The highest BCUT2D eigenvalue weighted by molar-refractivity contribution is 6.03. The summed E-state index contributed by atoms with van der Waals surface area (Å²) in [5, 5.41) is 2.66. The number of hydrogen-bond acceptors (Lipinski definition) is 1. The Morgan fingerprint density at radius 3 is 2.37 bits per heavy atom. The van der Waals surface area contributed by atoms with Crippen molar-refractivity contribution in [2.75, 3.05) is 5.32 Å². The summed E-state index contributed by atoms with van der Waals surface area (Å²) in [6.45, 7) is 5.82. The molecule has 1 aromatic carbocycles. The molecule has 2 atom stereocenters. The number of alkyl halides is 3. The van der Waals surface area contributed by atoms with E-state index in [0.29, 0.717) is 11.3 Å². The Morgan fingerprint density at radius 1 is 1.21 bits per heavy atom. The Hall–Kier alpha value is -1.52. The molecule has 1 N–H and O–H groups in total. The Labute approximate surface area is 110 Å². The quantitative estimate of drug-likeness (QED) is 0.864. The molecule has 0 aliphatic carbocycles.